The molecule has 1 amide bonds. The first kappa shape index (κ1) is 14.6. The monoisotopic (exact) mass is 280 g/mol. The molecule has 4 nitrogen and oxygen atoms in total. The summed E-state index contributed by atoms with van der Waals surface area (Å²) in [5.41, 5.74) is 1.36. The Hall–Kier alpha value is -2.80. The normalized spacial score (nSPS) is 10.0. The van der Waals surface area contributed by atoms with Crippen LogP contribution in [0, 0.1) is 11.3 Å². The van der Waals surface area contributed by atoms with Gasteiger partial charge in [0.05, 0.1) is 22.9 Å². The minimum Gasteiger partial charge on any atom is -0.490 e. The summed E-state index contributed by atoms with van der Waals surface area (Å²) in [6, 6.07) is 16.0. The number of ether oxygens (including phenoxy) is 1. The molecule has 0 fully saturated rings. The fraction of sp³-hybridized carbons (Fsp3) is 0.176. The topological polar surface area (TPSA) is 62.1 Å². The number of nitrogens with zero attached hydrogens (tertiary/aromatic N) is 1. The van der Waals surface area contributed by atoms with Crippen molar-refractivity contribution < 1.29 is 9.53 Å². The summed E-state index contributed by atoms with van der Waals surface area (Å²) in [4.78, 5) is 12.4. The predicted molar refractivity (Wildman–Crippen MR) is 81.3 cm³/mol. The number of hydrogen-bond donors (Lipinski definition) is 1. The van der Waals surface area contributed by atoms with E-state index in [4.69, 9.17) is 10.00 Å². The van der Waals surface area contributed by atoms with Crippen molar-refractivity contribution in [3.05, 3.63) is 59.7 Å². The number of amides is 1. The average molecular weight is 280 g/mol. The highest BCUT2D eigenvalue weighted by Gasteiger charge is 2.14. The van der Waals surface area contributed by atoms with Gasteiger partial charge in [-0.3, -0.25) is 4.79 Å². The van der Waals surface area contributed by atoms with Crippen LogP contribution < -0.4 is 10.1 Å². The molecule has 2 aromatic rings. The Kier molecular flexibility index (Phi) is 4.57. The molecule has 106 valence electrons. The standard InChI is InChI=1S/C17H16N2O2/c1-12(2)21-16-10-6-4-8-14(16)17(20)19-15-9-5-3-7-13(15)11-18/h3-10,12H,1-2H3,(H,19,20). The molecule has 0 saturated carbocycles. The van der Waals surface area contributed by atoms with Crippen molar-refractivity contribution in [1.29, 1.82) is 5.26 Å². The van der Waals surface area contributed by atoms with Gasteiger partial charge in [0.1, 0.15) is 11.8 Å². The number of rotatable bonds is 4. The summed E-state index contributed by atoms with van der Waals surface area (Å²) < 4.78 is 5.63. The van der Waals surface area contributed by atoms with Gasteiger partial charge in [-0.1, -0.05) is 24.3 Å². The molecular formula is C17H16N2O2. The van der Waals surface area contributed by atoms with E-state index in [9.17, 15) is 4.79 Å². The first-order valence-electron chi connectivity index (χ1n) is 6.68. The van der Waals surface area contributed by atoms with Crippen LogP contribution in [-0.4, -0.2) is 12.0 Å². The Balaban J connectivity index is 2.27. The number of hydrogen-bond acceptors (Lipinski definition) is 3. The molecule has 0 aliphatic carbocycles. The lowest BCUT2D eigenvalue weighted by Crippen LogP contribution is -2.16. The molecule has 0 heterocycles. The van der Waals surface area contributed by atoms with Gasteiger partial charge < -0.3 is 10.1 Å². The molecule has 4 heteroatoms. The van der Waals surface area contributed by atoms with Crippen molar-refractivity contribution in [2.24, 2.45) is 0 Å². The molecule has 0 unspecified atom stereocenters. The van der Waals surface area contributed by atoms with Crippen LogP contribution in [0.15, 0.2) is 48.5 Å². The Labute approximate surface area is 124 Å². The fourth-order valence-electron chi connectivity index (χ4n) is 1.89. The Bertz CT molecular complexity index is 687. The summed E-state index contributed by atoms with van der Waals surface area (Å²) >= 11 is 0. The summed E-state index contributed by atoms with van der Waals surface area (Å²) in [6.45, 7) is 3.80. The van der Waals surface area contributed by atoms with Gasteiger partial charge in [0.25, 0.3) is 5.91 Å². The van der Waals surface area contributed by atoms with Crippen LogP contribution in [0.25, 0.3) is 0 Å². The molecule has 1 N–H and O–H groups in total. The molecule has 0 radical (unpaired) electrons. The van der Waals surface area contributed by atoms with Crippen LogP contribution in [0.1, 0.15) is 29.8 Å². The van der Waals surface area contributed by atoms with Crippen molar-refractivity contribution in [2.45, 2.75) is 20.0 Å². The van der Waals surface area contributed by atoms with Gasteiger partial charge in [-0.25, -0.2) is 0 Å². The minimum atomic E-state index is -0.297. The van der Waals surface area contributed by atoms with Crippen LogP contribution in [0.4, 0.5) is 5.69 Å². The van der Waals surface area contributed by atoms with E-state index in [0.717, 1.165) is 0 Å². The highest BCUT2D eigenvalue weighted by Crippen LogP contribution is 2.22. The highest BCUT2D eigenvalue weighted by molar-refractivity contribution is 6.06. The second-order valence-corrected chi connectivity index (χ2v) is 4.77. The number of carbonyl (C=O) groups is 1. The lowest BCUT2D eigenvalue weighted by Gasteiger charge is -2.14. The van der Waals surface area contributed by atoms with Crippen LogP contribution in [0.2, 0.25) is 0 Å². The molecule has 0 aliphatic heterocycles. The minimum absolute atomic E-state index is 0.0228. The molecule has 2 aromatic carbocycles. The first-order valence-corrected chi connectivity index (χ1v) is 6.68. The van der Waals surface area contributed by atoms with Gasteiger partial charge >= 0.3 is 0 Å². The molecule has 0 bridgehead atoms. The molecule has 21 heavy (non-hydrogen) atoms. The van der Waals surface area contributed by atoms with E-state index in [1.807, 2.05) is 19.9 Å². The third-order valence-electron chi connectivity index (χ3n) is 2.79. The zero-order chi connectivity index (χ0) is 15.2. The molecule has 0 spiro atoms. The molecule has 0 aliphatic rings. The Morgan fingerprint density at radius 1 is 1.14 bits per heavy atom. The number of benzene rings is 2. The lowest BCUT2D eigenvalue weighted by molar-refractivity contribution is 0.102. The highest BCUT2D eigenvalue weighted by atomic mass is 16.5. The van der Waals surface area contributed by atoms with E-state index < -0.39 is 0 Å². The summed E-state index contributed by atoms with van der Waals surface area (Å²) in [6.07, 6.45) is -0.0228. The number of anilines is 1. The molecule has 0 aromatic heterocycles. The largest absolute Gasteiger partial charge is 0.490 e. The van der Waals surface area contributed by atoms with E-state index in [1.54, 1.807) is 42.5 Å². The first-order chi connectivity index (χ1) is 10.1. The second-order valence-electron chi connectivity index (χ2n) is 4.77. The van der Waals surface area contributed by atoms with Crippen LogP contribution >= 0.6 is 0 Å². The van der Waals surface area contributed by atoms with Crippen LogP contribution in [-0.2, 0) is 0 Å². The summed E-state index contributed by atoms with van der Waals surface area (Å²) in [7, 11) is 0. The molecule has 2 rings (SSSR count). The molecular weight excluding hydrogens is 264 g/mol. The molecule has 0 atom stereocenters. The Morgan fingerprint density at radius 2 is 1.81 bits per heavy atom. The maximum atomic E-state index is 12.4. The lowest BCUT2D eigenvalue weighted by atomic mass is 10.1. The van der Waals surface area contributed by atoms with E-state index in [1.165, 1.54) is 0 Å². The number of nitrogens with one attached hydrogen (secondary N) is 1. The maximum Gasteiger partial charge on any atom is 0.259 e. The molecule has 0 saturated heterocycles. The number of carbonyl (C=O) groups excluding carboxylic acids is 1. The zero-order valence-corrected chi connectivity index (χ0v) is 12.0. The number of nitriles is 1. The second kappa shape index (κ2) is 6.58. The van der Waals surface area contributed by atoms with Gasteiger partial charge in [-0.2, -0.15) is 5.26 Å². The van der Waals surface area contributed by atoms with Gasteiger partial charge in [0, 0.05) is 0 Å². The van der Waals surface area contributed by atoms with Crippen molar-refractivity contribution >= 4 is 11.6 Å². The van der Waals surface area contributed by atoms with Gasteiger partial charge in [0.15, 0.2) is 0 Å². The smallest absolute Gasteiger partial charge is 0.259 e. The van der Waals surface area contributed by atoms with E-state index in [-0.39, 0.29) is 12.0 Å². The van der Waals surface area contributed by atoms with Gasteiger partial charge in [-0.15, -0.1) is 0 Å². The van der Waals surface area contributed by atoms with E-state index in [2.05, 4.69) is 11.4 Å². The van der Waals surface area contributed by atoms with Gasteiger partial charge in [-0.05, 0) is 38.1 Å². The van der Waals surface area contributed by atoms with Crippen molar-refractivity contribution in [3.63, 3.8) is 0 Å². The summed E-state index contributed by atoms with van der Waals surface area (Å²) in [5, 5.41) is 11.8. The third-order valence-corrected chi connectivity index (χ3v) is 2.79. The number of para-hydroxylation sites is 2. The van der Waals surface area contributed by atoms with Crippen LogP contribution in [0.3, 0.4) is 0 Å². The zero-order valence-electron chi connectivity index (χ0n) is 12.0. The average Bonchev–Trinajstić information content (AvgIpc) is 2.47. The van der Waals surface area contributed by atoms with E-state index >= 15 is 0 Å². The Morgan fingerprint density at radius 3 is 2.52 bits per heavy atom. The van der Waals surface area contributed by atoms with Crippen LogP contribution in [0.5, 0.6) is 5.75 Å². The van der Waals surface area contributed by atoms with Gasteiger partial charge in [0.2, 0.25) is 0 Å². The quantitative estimate of drug-likeness (QED) is 0.930. The SMILES string of the molecule is CC(C)Oc1ccccc1C(=O)Nc1ccccc1C#N. The van der Waals surface area contributed by atoms with Crippen molar-refractivity contribution in [2.75, 3.05) is 5.32 Å². The van der Waals surface area contributed by atoms with E-state index in [0.29, 0.717) is 22.6 Å². The van der Waals surface area contributed by atoms with Crippen molar-refractivity contribution in [1.82, 2.24) is 0 Å². The van der Waals surface area contributed by atoms with Crippen molar-refractivity contribution in [3.8, 4) is 11.8 Å². The maximum absolute atomic E-state index is 12.4. The third kappa shape index (κ3) is 3.61. The fourth-order valence-corrected chi connectivity index (χ4v) is 1.89. The summed E-state index contributed by atoms with van der Waals surface area (Å²) in [5.74, 6) is 0.230. The predicted octanol–water partition coefficient (Wildman–Crippen LogP) is 3.60.